The predicted molar refractivity (Wildman–Crippen MR) is 92.1 cm³/mol. The summed E-state index contributed by atoms with van der Waals surface area (Å²) in [4.78, 5) is 12.0. The lowest BCUT2D eigenvalue weighted by atomic mass is 10.2. The highest BCUT2D eigenvalue weighted by atomic mass is 16.5. The molecule has 4 heteroatoms. The molecular formula is C19H23NO3. The standard InChI is InChI=1S/C19H23NO3/c1-3-22-18-12-7-5-10-16(18)20-19(21)13-8-14-23-17-11-6-4-9-15(17)2/h4-7,9-12H,3,8,13-14H2,1-2H3,(H,20,21). The van der Waals surface area contributed by atoms with Crippen LogP contribution < -0.4 is 14.8 Å². The Kier molecular flexibility index (Phi) is 6.48. The van der Waals surface area contributed by atoms with Crippen molar-refractivity contribution in [2.75, 3.05) is 18.5 Å². The van der Waals surface area contributed by atoms with Crippen molar-refractivity contribution in [3.63, 3.8) is 0 Å². The number of nitrogens with one attached hydrogen (secondary N) is 1. The number of aryl methyl sites for hydroxylation is 1. The Morgan fingerprint density at radius 2 is 1.70 bits per heavy atom. The molecule has 0 saturated heterocycles. The minimum absolute atomic E-state index is 0.0365. The number of amides is 1. The fourth-order valence-corrected chi connectivity index (χ4v) is 2.20. The van der Waals surface area contributed by atoms with Crippen LogP contribution in [0.25, 0.3) is 0 Å². The number of hydrogen-bond acceptors (Lipinski definition) is 3. The number of carbonyl (C=O) groups is 1. The van der Waals surface area contributed by atoms with Crippen molar-refractivity contribution < 1.29 is 14.3 Å². The van der Waals surface area contributed by atoms with Crippen molar-refractivity contribution in [3.05, 3.63) is 54.1 Å². The summed E-state index contributed by atoms with van der Waals surface area (Å²) in [5, 5.41) is 2.89. The fourth-order valence-electron chi connectivity index (χ4n) is 2.20. The van der Waals surface area contributed by atoms with Gasteiger partial charge in [0.1, 0.15) is 11.5 Å². The minimum Gasteiger partial charge on any atom is -0.493 e. The van der Waals surface area contributed by atoms with Gasteiger partial charge in [-0.1, -0.05) is 30.3 Å². The van der Waals surface area contributed by atoms with E-state index < -0.39 is 0 Å². The number of rotatable bonds is 8. The lowest BCUT2D eigenvalue weighted by molar-refractivity contribution is -0.116. The molecule has 0 bridgehead atoms. The maximum atomic E-state index is 12.0. The van der Waals surface area contributed by atoms with Crippen molar-refractivity contribution in [3.8, 4) is 11.5 Å². The van der Waals surface area contributed by atoms with Gasteiger partial charge in [0.15, 0.2) is 0 Å². The van der Waals surface area contributed by atoms with Crippen LogP contribution in [-0.2, 0) is 4.79 Å². The van der Waals surface area contributed by atoms with E-state index >= 15 is 0 Å². The third-order valence-corrected chi connectivity index (χ3v) is 3.36. The van der Waals surface area contributed by atoms with Crippen LogP contribution in [0.4, 0.5) is 5.69 Å². The van der Waals surface area contributed by atoms with E-state index in [1.54, 1.807) is 0 Å². The van der Waals surface area contributed by atoms with Crippen molar-refractivity contribution in [1.82, 2.24) is 0 Å². The molecule has 0 aliphatic heterocycles. The monoisotopic (exact) mass is 313 g/mol. The quantitative estimate of drug-likeness (QED) is 0.743. The van der Waals surface area contributed by atoms with E-state index in [1.807, 2.05) is 62.4 Å². The Hall–Kier alpha value is -2.49. The number of anilines is 1. The van der Waals surface area contributed by atoms with E-state index in [9.17, 15) is 4.79 Å². The van der Waals surface area contributed by atoms with E-state index in [4.69, 9.17) is 9.47 Å². The van der Waals surface area contributed by atoms with Gasteiger partial charge < -0.3 is 14.8 Å². The van der Waals surface area contributed by atoms with Gasteiger partial charge in [-0.2, -0.15) is 0 Å². The van der Waals surface area contributed by atoms with Gasteiger partial charge in [-0.15, -0.1) is 0 Å². The van der Waals surface area contributed by atoms with Gasteiger partial charge >= 0.3 is 0 Å². The molecule has 0 saturated carbocycles. The Bertz CT molecular complexity index is 640. The first kappa shape index (κ1) is 16.9. The number of hydrogen-bond donors (Lipinski definition) is 1. The summed E-state index contributed by atoms with van der Waals surface area (Å²) in [5.74, 6) is 1.53. The molecule has 4 nitrogen and oxygen atoms in total. The topological polar surface area (TPSA) is 47.6 Å². The summed E-state index contributed by atoms with van der Waals surface area (Å²) in [5.41, 5.74) is 1.81. The lowest BCUT2D eigenvalue weighted by Gasteiger charge is -2.11. The molecule has 0 atom stereocenters. The number of ether oxygens (including phenoxy) is 2. The Morgan fingerprint density at radius 1 is 1.00 bits per heavy atom. The number of benzene rings is 2. The highest BCUT2D eigenvalue weighted by Gasteiger charge is 2.07. The van der Waals surface area contributed by atoms with Crippen LogP contribution >= 0.6 is 0 Å². The smallest absolute Gasteiger partial charge is 0.224 e. The van der Waals surface area contributed by atoms with Crippen LogP contribution in [0.5, 0.6) is 11.5 Å². The van der Waals surface area contributed by atoms with E-state index in [2.05, 4.69) is 5.32 Å². The van der Waals surface area contributed by atoms with Crippen molar-refractivity contribution in [1.29, 1.82) is 0 Å². The SMILES string of the molecule is CCOc1ccccc1NC(=O)CCCOc1ccccc1C. The molecule has 0 spiro atoms. The number of carbonyl (C=O) groups excluding carboxylic acids is 1. The number of para-hydroxylation sites is 3. The molecule has 0 aromatic heterocycles. The second-order valence-corrected chi connectivity index (χ2v) is 5.19. The molecule has 0 radical (unpaired) electrons. The summed E-state index contributed by atoms with van der Waals surface area (Å²) >= 11 is 0. The fraction of sp³-hybridized carbons (Fsp3) is 0.316. The molecule has 23 heavy (non-hydrogen) atoms. The second-order valence-electron chi connectivity index (χ2n) is 5.19. The first-order chi connectivity index (χ1) is 11.2. The molecule has 0 heterocycles. The highest BCUT2D eigenvalue weighted by Crippen LogP contribution is 2.24. The summed E-state index contributed by atoms with van der Waals surface area (Å²) in [6.45, 7) is 5.01. The Morgan fingerprint density at radius 3 is 2.43 bits per heavy atom. The molecule has 1 amide bonds. The second kappa shape index (κ2) is 8.83. The van der Waals surface area contributed by atoms with Crippen molar-refractivity contribution in [2.24, 2.45) is 0 Å². The molecule has 122 valence electrons. The van der Waals surface area contributed by atoms with Gasteiger partial charge in [0.05, 0.1) is 18.9 Å². The van der Waals surface area contributed by atoms with Crippen molar-refractivity contribution >= 4 is 11.6 Å². The summed E-state index contributed by atoms with van der Waals surface area (Å²) in [6, 6.07) is 15.3. The van der Waals surface area contributed by atoms with E-state index in [0.717, 1.165) is 11.3 Å². The largest absolute Gasteiger partial charge is 0.493 e. The third-order valence-electron chi connectivity index (χ3n) is 3.36. The summed E-state index contributed by atoms with van der Waals surface area (Å²) < 4.78 is 11.2. The first-order valence-corrected chi connectivity index (χ1v) is 7.91. The molecule has 1 N–H and O–H groups in total. The Labute approximate surface area is 137 Å². The molecule has 0 aliphatic carbocycles. The Balaban J connectivity index is 1.76. The zero-order chi connectivity index (χ0) is 16.5. The predicted octanol–water partition coefficient (Wildman–Crippen LogP) is 4.19. The maximum Gasteiger partial charge on any atom is 0.224 e. The molecular weight excluding hydrogens is 290 g/mol. The molecule has 2 aromatic carbocycles. The zero-order valence-corrected chi connectivity index (χ0v) is 13.7. The van der Waals surface area contributed by atoms with Gasteiger partial charge in [-0.3, -0.25) is 4.79 Å². The zero-order valence-electron chi connectivity index (χ0n) is 13.7. The van der Waals surface area contributed by atoms with E-state index in [0.29, 0.717) is 37.5 Å². The van der Waals surface area contributed by atoms with Gasteiger partial charge in [-0.25, -0.2) is 0 Å². The van der Waals surface area contributed by atoms with Crippen LogP contribution in [0.1, 0.15) is 25.3 Å². The van der Waals surface area contributed by atoms with Crippen LogP contribution in [0, 0.1) is 6.92 Å². The van der Waals surface area contributed by atoms with Crippen LogP contribution in [0.15, 0.2) is 48.5 Å². The van der Waals surface area contributed by atoms with E-state index in [1.165, 1.54) is 0 Å². The van der Waals surface area contributed by atoms with Crippen molar-refractivity contribution in [2.45, 2.75) is 26.7 Å². The average Bonchev–Trinajstić information content (AvgIpc) is 2.55. The molecule has 2 aromatic rings. The van der Waals surface area contributed by atoms with Gasteiger partial charge in [0.2, 0.25) is 5.91 Å². The first-order valence-electron chi connectivity index (χ1n) is 7.91. The maximum absolute atomic E-state index is 12.0. The minimum atomic E-state index is -0.0365. The van der Waals surface area contributed by atoms with Crippen LogP contribution in [0.3, 0.4) is 0 Å². The lowest BCUT2D eigenvalue weighted by Crippen LogP contribution is -2.13. The summed E-state index contributed by atoms with van der Waals surface area (Å²) in [7, 11) is 0. The molecule has 0 fully saturated rings. The molecule has 0 aliphatic rings. The average molecular weight is 313 g/mol. The normalized spacial score (nSPS) is 10.2. The third kappa shape index (κ3) is 5.33. The van der Waals surface area contributed by atoms with E-state index in [-0.39, 0.29) is 5.91 Å². The summed E-state index contributed by atoms with van der Waals surface area (Å²) in [6.07, 6.45) is 1.07. The highest BCUT2D eigenvalue weighted by molar-refractivity contribution is 5.92. The van der Waals surface area contributed by atoms with Gasteiger partial charge in [0.25, 0.3) is 0 Å². The van der Waals surface area contributed by atoms with Gasteiger partial charge in [0, 0.05) is 6.42 Å². The molecule has 2 rings (SSSR count). The van der Waals surface area contributed by atoms with Crippen LogP contribution in [0.2, 0.25) is 0 Å². The van der Waals surface area contributed by atoms with Crippen LogP contribution in [-0.4, -0.2) is 19.1 Å². The van der Waals surface area contributed by atoms with Gasteiger partial charge in [-0.05, 0) is 44.0 Å². The molecule has 0 unspecified atom stereocenters.